The lowest BCUT2D eigenvalue weighted by atomic mass is 10.0. The predicted octanol–water partition coefficient (Wildman–Crippen LogP) is 2.28. The maximum Gasteiger partial charge on any atom is 0.341 e. The third-order valence-electron chi connectivity index (χ3n) is 5.11. The van der Waals surface area contributed by atoms with Crippen molar-refractivity contribution < 1.29 is 43.2 Å². The number of rotatable bonds is 8. The molecule has 35 heavy (non-hydrogen) atoms. The second-order valence-corrected chi connectivity index (χ2v) is 7.38. The van der Waals surface area contributed by atoms with Gasteiger partial charge in [-0.25, -0.2) is 14.5 Å². The molecule has 0 saturated carbocycles. The van der Waals surface area contributed by atoms with Crippen molar-refractivity contribution >= 4 is 35.6 Å². The Morgan fingerprint density at radius 1 is 1.20 bits per heavy atom. The van der Waals surface area contributed by atoms with Crippen LogP contribution in [0.4, 0.5) is 10.5 Å². The summed E-state index contributed by atoms with van der Waals surface area (Å²) in [5.74, 6) is -1.64. The van der Waals surface area contributed by atoms with Crippen LogP contribution in [0.5, 0.6) is 23.0 Å². The van der Waals surface area contributed by atoms with Crippen molar-refractivity contribution in [1.82, 2.24) is 5.32 Å². The minimum atomic E-state index is -1.17. The highest BCUT2D eigenvalue weighted by Crippen LogP contribution is 2.37. The fraction of sp³-hybridized carbons (Fsp3) is 0.167. The van der Waals surface area contributed by atoms with E-state index in [2.05, 4.69) is 11.9 Å². The normalized spacial score (nSPS) is 15.7. The Morgan fingerprint density at radius 2 is 1.97 bits per heavy atom. The molecule has 2 aromatic rings. The van der Waals surface area contributed by atoms with Gasteiger partial charge in [0.15, 0.2) is 29.6 Å². The summed E-state index contributed by atoms with van der Waals surface area (Å²) in [4.78, 5) is 50.1. The second kappa shape index (κ2) is 9.59. The van der Waals surface area contributed by atoms with E-state index in [0.29, 0.717) is 29.0 Å². The van der Waals surface area contributed by atoms with Crippen LogP contribution in [-0.2, 0) is 20.8 Å². The summed E-state index contributed by atoms with van der Waals surface area (Å²) >= 11 is 0. The first-order valence-electron chi connectivity index (χ1n) is 10.3. The Labute approximate surface area is 199 Å². The summed E-state index contributed by atoms with van der Waals surface area (Å²) in [6.07, 6.45) is 3.18. The molecule has 11 heteroatoms. The fourth-order valence-corrected chi connectivity index (χ4v) is 3.61. The van der Waals surface area contributed by atoms with Gasteiger partial charge in [-0.3, -0.25) is 14.9 Å². The van der Waals surface area contributed by atoms with Crippen molar-refractivity contribution in [3.63, 3.8) is 0 Å². The second-order valence-electron chi connectivity index (χ2n) is 7.38. The summed E-state index contributed by atoms with van der Waals surface area (Å²) < 4.78 is 21.3. The number of methoxy groups -OCH3 is 1. The molecule has 0 spiro atoms. The number of amides is 4. The van der Waals surface area contributed by atoms with Gasteiger partial charge < -0.3 is 24.1 Å². The van der Waals surface area contributed by atoms with Gasteiger partial charge in [0.1, 0.15) is 5.57 Å². The number of carboxylic acid groups (broad SMARTS) is 1. The summed E-state index contributed by atoms with van der Waals surface area (Å²) in [5, 5.41) is 11.1. The Balaban J connectivity index is 1.73. The molecule has 2 aromatic carbocycles. The lowest BCUT2D eigenvalue weighted by Gasteiger charge is -2.26. The van der Waals surface area contributed by atoms with Crippen molar-refractivity contribution in [2.24, 2.45) is 0 Å². The third kappa shape index (κ3) is 4.64. The van der Waals surface area contributed by atoms with Gasteiger partial charge in [-0.1, -0.05) is 6.08 Å². The summed E-state index contributed by atoms with van der Waals surface area (Å²) in [7, 11) is 1.37. The predicted molar refractivity (Wildman–Crippen MR) is 122 cm³/mol. The minimum absolute atomic E-state index is 0.0175. The lowest BCUT2D eigenvalue weighted by molar-refractivity contribution is -0.139. The zero-order valence-corrected chi connectivity index (χ0v) is 18.5. The van der Waals surface area contributed by atoms with E-state index in [9.17, 15) is 19.2 Å². The molecule has 2 N–H and O–H groups in total. The number of imide groups is 2. The first-order chi connectivity index (χ1) is 16.8. The van der Waals surface area contributed by atoms with E-state index in [0.717, 1.165) is 4.90 Å². The Morgan fingerprint density at radius 3 is 2.69 bits per heavy atom. The molecule has 0 aromatic heterocycles. The fourth-order valence-electron chi connectivity index (χ4n) is 3.61. The summed E-state index contributed by atoms with van der Waals surface area (Å²) in [6, 6.07) is 6.71. The average Bonchev–Trinajstić information content (AvgIpc) is 3.28. The van der Waals surface area contributed by atoms with Crippen LogP contribution in [0.15, 0.2) is 48.6 Å². The number of fused-ring (bicyclic) bond motifs is 1. The number of ether oxygens (including phenoxy) is 4. The van der Waals surface area contributed by atoms with Crippen LogP contribution in [0.25, 0.3) is 6.08 Å². The lowest BCUT2D eigenvalue weighted by Crippen LogP contribution is -2.54. The molecule has 180 valence electrons. The van der Waals surface area contributed by atoms with Crippen molar-refractivity contribution in [2.75, 3.05) is 25.4 Å². The minimum Gasteiger partial charge on any atom is -0.493 e. The number of benzene rings is 2. The number of hydrogen-bond acceptors (Lipinski definition) is 8. The Bertz CT molecular complexity index is 1280. The monoisotopic (exact) mass is 480 g/mol. The highest BCUT2D eigenvalue weighted by Gasteiger charge is 2.37. The number of carbonyl (C=O) groups excluding carboxylic acids is 3. The van der Waals surface area contributed by atoms with Crippen LogP contribution in [0.1, 0.15) is 11.1 Å². The van der Waals surface area contributed by atoms with Gasteiger partial charge in [0.2, 0.25) is 6.79 Å². The van der Waals surface area contributed by atoms with Gasteiger partial charge in [0.25, 0.3) is 11.8 Å². The number of barbiturate groups is 1. The molecule has 1 fully saturated rings. The zero-order valence-electron chi connectivity index (χ0n) is 18.5. The van der Waals surface area contributed by atoms with Crippen LogP contribution in [0, 0.1) is 0 Å². The standard InChI is InChI=1S/C24H20N2O9/c1-3-4-14-7-13(9-19(32-2)21(14)33-11-20(27)28)8-16-22(29)25-24(31)26(23(16)30)15-5-6-17-18(10-15)35-12-34-17/h3,5-10H,1,4,11-12H2,2H3,(H,27,28)(H,25,29,31)/b16-8+. The van der Waals surface area contributed by atoms with Crippen molar-refractivity contribution in [2.45, 2.75) is 6.42 Å². The smallest absolute Gasteiger partial charge is 0.341 e. The van der Waals surface area contributed by atoms with Gasteiger partial charge in [-0.2, -0.15) is 0 Å². The number of nitrogens with one attached hydrogen (secondary N) is 1. The van der Waals surface area contributed by atoms with Crippen LogP contribution in [-0.4, -0.2) is 49.4 Å². The molecule has 0 unspecified atom stereocenters. The van der Waals surface area contributed by atoms with Crippen LogP contribution >= 0.6 is 0 Å². The maximum atomic E-state index is 13.2. The number of hydrogen-bond donors (Lipinski definition) is 2. The van der Waals surface area contributed by atoms with Gasteiger partial charge >= 0.3 is 12.0 Å². The molecule has 0 radical (unpaired) electrons. The average molecular weight is 480 g/mol. The molecule has 11 nitrogen and oxygen atoms in total. The molecule has 0 atom stereocenters. The molecule has 2 heterocycles. The SMILES string of the molecule is C=CCc1cc(/C=C2\C(=O)NC(=O)N(c3ccc4c(c3)OCO4)C2=O)cc(OC)c1OCC(=O)O. The molecular weight excluding hydrogens is 460 g/mol. The molecule has 2 aliphatic rings. The number of nitrogens with zero attached hydrogens (tertiary/aromatic N) is 1. The Hall–Kier alpha value is -4.80. The molecule has 4 amide bonds. The topological polar surface area (TPSA) is 141 Å². The number of aliphatic carboxylic acids is 1. The van der Waals surface area contributed by atoms with E-state index in [1.807, 2.05) is 0 Å². The first-order valence-corrected chi connectivity index (χ1v) is 10.3. The summed E-state index contributed by atoms with van der Waals surface area (Å²) in [6.45, 7) is 3.11. The van der Waals surface area contributed by atoms with Gasteiger partial charge in [0, 0.05) is 11.6 Å². The van der Waals surface area contributed by atoms with Gasteiger partial charge in [-0.05, 0) is 42.3 Å². The van der Waals surface area contributed by atoms with Gasteiger partial charge in [-0.15, -0.1) is 6.58 Å². The number of carbonyl (C=O) groups is 4. The van der Waals surface area contributed by atoms with Crippen LogP contribution in [0.2, 0.25) is 0 Å². The number of anilines is 1. The largest absolute Gasteiger partial charge is 0.493 e. The number of urea groups is 1. The number of allylic oxidation sites excluding steroid dienone is 1. The van der Waals surface area contributed by atoms with Crippen LogP contribution < -0.4 is 29.2 Å². The van der Waals surface area contributed by atoms with E-state index in [4.69, 9.17) is 24.1 Å². The third-order valence-corrected chi connectivity index (χ3v) is 5.11. The Kier molecular flexibility index (Phi) is 6.40. The first kappa shape index (κ1) is 23.4. The van der Waals surface area contributed by atoms with Crippen molar-refractivity contribution in [1.29, 1.82) is 0 Å². The molecular formula is C24H20N2O9. The number of carboxylic acids is 1. The van der Waals surface area contributed by atoms with Crippen molar-refractivity contribution in [3.05, 3.63) is 59.7 Å². The summed E-state index contributed by atoms with van der Waals surface area (Å²) in [5.41, 5.74) is 0.810. The van der Waals surface area contributed by atoms with Gasteiger partial charge in [0.05, 0.1) is 12.8 Å². The highest BCUT2D eigenvalue weighted by atomic mass is 16.7. The van der Waals surface area contributed by atoms with E-state index in [1.165, 1.54) is 31.4 Å². The van der Waals surface area contributed by atoms with E-state index >= 15 is 0 Å². The van der Waals surface area contributed by atoms with Crippen LogP contribution in [0.3, 0.4) is 0 Å². The van der Waals surface area contributed by atoms with E-state index in [-0.39, 0.29) is 29.6 Å². The highest BCUT2D eigenvalue weighted by molar-refractivity contribution is 6.39. The zero-order chi connectivity index (χ0) is 25.1. The van der Waals surface area contributed by atoms with E-state index in [1.54, 1.807) is 18.2 Å². The molecule has 4 rings (SSSR count). The molecule has 0 bridgehead atoms. The van der Waals surface area contributed by atoms with Crippen molar-refractivity contribution in [3.8, 4) is 23.0 Å². The van der Waals surface area contributed by atoms with E-state index < -0.39 is 30.4 Å². The molecule has 1 saturated heterocycles. The molecule has 2 aliphatic heterocycles. The quantitative estimate of drug-likeness (QED) is 0.331. The molecule has 0 aliphatic carbocycles. The maximum absolute atomic E-state index is 13.2.